The molecule has 2 N–H and O–H groups in total. The van der Waals surface area contributed by atoms with Crippen LogP contribution in [0.5, 0.6) is 0 Å². The molecule has 0 radical (unpaired) electrons. The van der Waals surface area contributed by atoms with Crippen molar-refractivity contribution in [2.45, 2.75) is 38.1 Å². The number of carbonyl (C=O) groups is 2. The van der Waals surface area contributed by atoms with Crippen LogP contribution in [0.4, 0.5) is 5.69 Å². The number of likely N-dealkylation sites (tertiary alicyclic amines) is 1. The third-order valence-corrected chi connectivity index (χ3v) is 7.72. The summed E-state index contributed by atoms with van der Waals surface area (Å²) >= 11 is 3.59. The second kappa shape index (κ2) is 9.00. The van der Waals surface area contributed by atoms with Crippen molar-refractivity contribution >= 4 is 44.3 Å². The van der Waals surface area contributed by atoms with Crippen LogP contribution in [0.2, 0.25) is 0 Å². The van der Waals surface area contributed by atoms with Crippen molar-refractivity contribution in [2.24, 2.45) is 0 Å². The minimum atomic E-state index is -0.416. The van der Waals surface area contributed by atoms with E-state index in [1.54, 1.807) is 4.90 Å². The lowest BCUT2D eigenvalue weighted by Gasteiger charge is -2.24. The maximum atomic E-state index is 13.2. The Morgan fingerprint density at radius 1 is 1.03 bits per heavy atom. The van der Waals surface area contributed by atoms with Gasteiger partial charge in [0.2, 0.25) is 11.8 Å². The van der Waals surface area contributed by atoms with Gasteiger partial charge < -0.3 is 15.2 Å². The highest BCUT2D eigenvalue weighted by atomic mass is 79.9. The molecule has 2 amide bonds. The number of benzene rings is 3. The molecular weight excluding hydrogens is 502 g/mol. The summed E-state index contributed by atoms with van der Waals surface area (Å²) in [5.74, 6) is -0.0897. The quantitative estimate of drug-likeness (QED) is 0.348. The van der Waals surface area contributed by atoms with E-state index in [9.17, 15) is 9.59 Å². The maximum Gasteiger partial charge on any atom is 0.247 e. The van der Waals surface area contributed by atoms with Gasteiger partial charge in [-0.3, -0.25) is 9.59 Å². The summed E-state index contributed by atoms with van der Waals surface area (Å²) in [5.41, 5.74) is 7.85. The highest BCUT2D eigenvalue weighted by Crippen LogP contribution is 2.39. The van der Waals surface area contributed by atoms with Gasteiger partial charge in [0.1, 0.15) is 6.04 Å². The molecule has 2 aliphatic rings. The lowest BCUT2D eigenvalue weighted by molar-refractivity contribution is -0.136. The zero-order valence-corrected chi connectivity index (χ0v) is 20.9. The molecule has 2 heterocycles. The summed E-state index contributed by atoms with van der Waals surface area (Å²) in [6.45, 7) is 0.632. The fourth-order valence-electron chi connectivity index (χ4n) is 5.53. The molecule has 4 aromatic rings. The minimum Gasteiger partial charge on any atom is -0.354 e. The summed E-state index contributed by atoms with van der Waals surface area (Å²) in [5, 5.41) is 4.35. The second-order valence-electron chi connectivity index (χ2n) is 9.44. The van der Waals surface area contributed by atoms with E-state index in [1.165, 1.54) is 27.8 Å². The SMILES string of the molecule is O=C(Nc1ccc2c(c1)CCc1c-2[nH]c2ccc(Br)cc12)[C@@H]1CCCN1C(=O)Cc1ccccc1. The fourth-order valence-corrected chi connectivity index (χ4v) is 5.89. The molecule has 1 saturated heterocycles. The van der Waals surface area contributed by atoms with Crippen LogP contribution in [0.3, 0.4) is 0 Å². The summed E-state index contributed by atoms with van der Waals surface area (Å²) in [4.78, 5) is 31.4. The number of anilines is 1. The van der Waals surface area contributed by atoms with Crippen molar-refractivity contribution in [1.82, 2.24) is 9.88 Å². The lowest BCUT2D eigenvalue weighted by atomic mass is 9.88. The number of nitrogens with one attached hydrogen (secondary N) is 2. The van der Waals surface area contributed by atoms with E-state index in [2.05, 4.69) is 56.6 Å². The molecular formula is C29H26BrN3O2. The lowest BCUT2D eigenvalue weighted by Crippen LogP contribution is -2.43. The van der Waals surface area contributed by atoms with Crippen LogP contribution in [0.25, 0.3) is 22.2 Å². The normalized spacial score (nSPS) is 16.7. The number of hydrogen-bond donors (Lipinski definition) is 2. The van der Waals surface area contributed by atoms with E-state index in [0.29, 0.717) is 19.4 Å². The molecule has 0 bridgehead atoms. The highest BCUT2D eigenvalue weighted by Gasteiger charge is 2.34. The number of nitrogens with zero attached hydrogens (tertiary/aromatic N) is 1. The first kappa shape index (κ1) is 22.1. The van der Waals surface area contributed by atoms with Crippen molar-refractivity contribution in [2.75, 3.05) is 11.9 Å². The summed E-state index contributed by atoms with van der Waals surface area (Å²) in [6, 6.07) is 21.8. The number of rotatable bonds is 4. The number of halogens is 1. The van der Waals surface area contributed by atoms with Gasteiger partial charge in [-0.25, -0.2) is 0 Å². The smallest absolute Gasteiger partial charge is 0.247 e. The van der Waals surface area contributed by atoms with E-state index in [1.807, 2.05) is 36.4 Å². The van der Waals surface area contributed by atoms with Crippen molar-refractivity contribution < 1.29 is 9.59 Å². The summed E-state index contributed by atoms with van der Waals surface area (Å²) in [7, 11) is 0. The van der Waals surface area contributed by atoms with Gasteiger partial charge >= 0.3 is 0 Å². The highest BCUT2D eigenvalue weighted by molar-refractivity contribution is 9.10. The molecule has 35 heavy (non-hydrogen) atoms. The van der Waals surface area contributed by atoms with E-state index in [-0.39, 0.29) is 11.8 Å². The average molecular weight is 528 g/mol. The van der Waals surface area contributed by atoms with Gasteiger partial charge in [0.15, 0.2) is 0 Å². The predicted molar refractivity (Wildman–Crippen MR) is 142 cm³/mol. The Labute approximate surface area is 212 Å². The molecule has 0 saturated carbocycles. The number of hydrogen-bond acceptors (Lipinski definition) is 2. The van der Waals surface area contributed by atoms with Crippen LogP contribution in [0, 0.1) is 0 Å². The van der Waals surface area contributed by atoms with Gasteiger partial charge in [-0.05, 0) is 72.7 Å². The van der Waals surface area contributed by atoms with Crippen LogP contribution in [-0.4, -0.2) is 34.3 Å². The molecule has 0 unspecified atom stereocenters. The molecule has 1 aromatic heterocycles. The Balaban J connectivity index is 1.20. The Hall–Kier alpha value is -3.38. The molecule has 6 heteroatoms. The number of aromatic amines is 1. The molecule has 5 nitrogen and oxygen atoms in total. The number of fused-ring (bicyclic) bond motifs is 5. The zero-order valence-electron chi connectivity index (χ0n) is 19.3. The van der Waals surface area contributed by atoms with Crippen molar-refractivity contribution in [3.05, 3.63) is 87.9 Å². The van der Waals surface area contributed by atoms with Gasteiger partial charge in [0.05, 0.1) is 6.42 Å². The molecule has 1 aliphatic heterocycles. The second-order valence-corrected chi connectivity index (χ2v) is 10.4. The van der Waals surface area contributed by atoms with Crippen LogP contribution in [0.15, 0.2) is 71.2 Å². The molecule has 1 fully saturated rings. The molecule has 0 spiro atoms. The standard InChI is InChI=1S/C29H26BrN3O2/c30-20-9-13-25-24(17-20)23-11-8-19-16-21(10-12-22(19)28(23)32-25)31-29(35)26-7-4-14-33(26)27(34)15-18-5-2-1-3-6-18/h1-3,5-6,9-10,12-13,16-17,26,32H,4,7-8,11,14-15H2,(H,31,35)/t26-/m0/s1. The van der Waals surface area contributed by atoms with E-state index in [0.717, 1.165) is 40.5 Å². The number of H-pyrrole nitrogens is 1. The zero-order chi connectivity index (χ0) is 23.9. The van der Waals surface area contributed by atoms with Crippen LogP contribution in [-0.2, 0) is 28.9 Å². The molecule has 6 rings (SSSR count). The van der Waals surface area contributed by atoms with Crippen LogP contribution >= 0.6 is 15.9 Å². The molecule has 176 valence electrons. The molecule has 1 atom stereocenters. The van der Waals surface area contributed by atoms with Crippen molar-refractivity contribution in [3.63, 3.8) is 0 Å². The largest absolute Gasteiger partial charge is 0.354 e. The van der Waals surface area contributed by atoms with E-state index < -0.39 is 6.04 Å². The Morgan fingerprint density at radius 3 is 2.74 bits per heavy atom. The van der Waals surface area contributed by atoms with E-state index in [4.69, 9.17) is 0 Å². The predicted octanol–water partition coefficient (Wildman–Crippen LogP) is 5.87. The minimum absolute atomic E-state index is 0.0114. The topological polar surface area (TPSA) is 65.2 Å². The first-order chi connectivity index (χ1) is 17.1. The first-order valence-electron chi connectivity index (χ1n) is 12.1. The third kappa shape index (κ3) is 4.16. The van der Waals surface area contributed by atoms with Gasteiger partial charge in [-0.15, -0.1) is 0 Å². The molecule has 1 aliphatic carbocycles. The van der Waals surface area contributed by atoms with Crippen LogP contribution in [0.1, 0.15) is 29.5 Å². The van der Waals surface area contributed by atoms with Gasteiger partial charge in [0, 0.05) is 38.9 Å². The number of aryl methyl sites for hydroxylation is 2. The number of aromatic nitrogens is 1. The Kier molecular flexibility index (Phi) is 5.69. The average Bonchev–Trinajstić information content (AvgIpc) is 3.50. The Morgan fingerprint density at radius 2 is 1.89 bits per heavy atom. The fraction of sp³-hybridized carbons (Fsp3) is 0.241. The summed E-state index contributed by atoms with van der Waals surface area (Å²) in [6.07, 6.45) is 3.76. The third-order valence-electron chi connectivity index (χ3n) is 7.23. The van der Waals surface area contributed by atoms with Crippen molar-refractivity contribution in [1.29, 1.82) is 0 Å². The van der Waals surface area contributed by atoms with Crippen LogP contribution < -0.4 is 5.32 Å². The number of amides is 2. The van der Waals surface area contributed by atoms with Gasteiger partial charge in [-0.1, -0.05) is 52.3 Å². The first-order valence-corrected chi connectivity index (χ1v) is 12.9. The maximum absolute atomic E-state index is 13.2. The summed E-state index contributed by atoms with van der Waals surface area (Å²) < 4.78 is 1.08. The number of carbonyl (C=O) groups excluding carboxylic acids is 2. The monoisotopic (exact) mass is 527 g/mol. The van der Waals surface area contributed by atoms with E-state index >= 15 is 0 Å². The Bertz CT molecular complexity index is 1440. The van der Waals surface area contributed by atoms with Gasteiger partial charge in [0.25, 0.3) is 0 Å². The van der Waals surface area contributed by atoms with Crippen molar-refractivity contribution in [3.8, 4) is 11.3 Å². The van der Waals surface area contributed by atoms with Gasteiger partial charge in [-0.2, -0.15) is 0 Å². The molecule has 3 aromatic carbocycles.